The number of aromatic nitrogens is 2. The van der Waals surface area contributed by atoms with Crippen LogP contribution < -0.4 is 5.32 Å². The molecule has 3 nitrogen and oxygen atoms in total. The Morgan fingerprint density at radius 3 is 2.59 bits per heavy atom. The molecule has 1 heterocycles. The molecule has 90 valence electrons. The number of nitrogens with zero attached hydrogens (tertiary/aromatic N) is 2. The standard InChI is InChI=1S/C14H19N3/c1-3-12-4-6-14(7-5-12)17-11-9-13(16-17)8-10-15-2/h4-7,9,11,15H,3,8,10H2,1-2H3. The molecule has 0 fully saturated rings. The van der Waals surface area contributed by atoms with Crippen LogP contribution in [-0.4, -0.2) is 23.4 Å². The predicted molar refractivity (Wildman–Crippen MR) is 70.6 cm³/mol. The molecule has 1 aromatic heterocycles. The molecule has 0 atom stereocenters. The van der Waals surface area contributed by atoms with Crippen LogP contribution in [0.4, 0.5) is 0 Å². The van der Waals surface area contributed by atoms with Gasteiger partial charge in [0.15, 0.2) is 0 Å². The summed E-state index contributed by atoms with van der Waals surface area (Å²) in [5, 5.41) is 7.68. The third-order valence-corrected chi connectivity index (χ3v) is 2.88. The molecular weight excluding hydrogens is 210 g/mol. The molecule has 17 heavy (non-hydrogen) atoms. The zero-order valence-electron chi connectivity index (χ0n) is 10.5. The Balaban J connectivity index is 2.12. The van der Waals surface area contributed by atoms with Crippen LogP contribution in [0.25, 0.3) is 5.69 Å². The third kappa shape index (κ3) is 2.94. The maximum absolute atomic E-state index is 4.55. The van der Waals surface area contributed by atoms with Crippen molar-refractivity contribution in [3.05, 3.63) is 47.8 Å². The van der Waals surface area contributed by atoms with Crippen molar-refractivity contribution in [2.24, 2.45) is 0 Å². The van der Waals surface area contributed by atoms with E-state index in [2.05, 4.69) is 47.7 Å². The number of rotatable bonds is 5. The van der Waals surface area contributed by atoms with Crippen LogP contribution in [0, 0.1) is 0 Å². The van der Waals surface area contributed by atoms with E-state index in [1.54, 1.807) is 0 Å². The van der Waals surface area contributed by atoms with Gasteiger partial charge in [0.1, 0.15) is 0 Å². The number of benzene rings is 1. The molecule has 0 saturated heterocycles. The van der Waals surface area contributed by atoms with Crippen molar-refractivity contribution in [2.75, 3.05) is 13.6 Å². The minimum absolute atomic E-state index is 0.964. The molecule has 1 N–H and O–H groups in total. The average molecular weight is 229 g/mol. The lowest BCUT2D eigenvalue weighted by Gasteiger charge is -2.02. The van der Waals surface area contributed by atoms with Crippen LogP contribution in [0.2, 0.25) is 0 Å². The molecule has 2 aromatic rings. The predicted octanol–water partition coefficient (Wildman–Crippen LogP) is 2.20. The highest BCUT2D eigenvalue weighted by Crippen LogP contribution is 2.10. The lowest BCUT2D eigenvalue weighted by atomic mass is 10.1. The van der Waals surface area contributed by atoms with Gasteiger partial charge < -0.3 is 5.32 Å². The summed E-state index contributed by atoms with van der Waals surface area (Å²) in [5.41, 5.74) is 3.60. The van der Waals surface area contributed by atoms with Crippen LogP contribution >= 0.6 is 0 Å². The summed E-state index contributed by atoms with van der Waals surface area (Å²) >= 11 is 0. The number of nitrogens with one attached hydrogen (secondary N) is 1. The molecule has 0 aliphatic heterocycles. The molecule has 1 aromatic carbocycles. The van der Waals surface area contributed by atoms with Gasteiger partial charge in [-0.1, -0.05) is 19.1 Å². The summed E-state index contributed by atoms with van der Waals surface area (Å²) in [6, 6.07) is 10.6. The van der Waals surface area contributed by atoms with Crippen molar-refractivity contribution in [1.29, 1.82) is 0 Å². The van der Waals surface area contributed by atoms with Crippen LogP contribution in [0.1, 0.15) is 18.2 Å². The second kappa shape index (κ2) is 5.64. The van der Waals surface area contributed by atoms with Crippen LogP contribution in [-0.2, 0) is 12.8 Å². The number of likely N-dealkylation sites (N-methyl/N-ethyl adjacent to an activating group) is 1. The molecule has 2 rings (SSSR count). The Morgan fingerprint density at radius 1 is 1.18 bits per heavy atom. The quantitative estimate of drug-likeness (QED) is 0.851. The van der Waals surface area contributed by atoms with E-state index < -0.39 is 0 Å². The van der Waals surface area contributed by atoms with Gasteiger partial charge in [-0.25, -0.2) is 4.68 Å². The minimum Gasteiger partial charge on any atom is -0.319 e. The highest BCUT2D eigenvalue weighted by molar-refractivity contribution is 5.34. The normalized spacial score (nSPS) is 10.7. The molecule has 0 aliphatic rings. The summed E-state index contributed by atoms with van der Waals surface area (Å²) in [6.07, 6.45) is 4.06. The number of hydrogen-bond acceptors (Lipinski definition) is 2. The van der Waals surface area contributed by atoms with Crippen molar-refractivity contribution >= 4 is 0 Å². The first kappa shape index (κ1) is 11.9. The molecule has 0 saturated carbocycles. The van der Waals surface area contributed by atoms with Gasteiger partial charge in [0.2, 0.25) is 0 Å². The topological polar surface area (TPSA) is 29.9 Å². The van der Waals surface area contributed by atoms with Gasteiger partial charge in [-0.3, -0.25) is 0 Å². The fourth-order valence-electron chi connectivity index (χ4n) is 1.78. The maximum Gasteiger partial charge on any atom is 0.0645 e. The fourth-order valence-corrected chi connectivity index (χ4v) is 1.78. The van der Waals surface area contributed by atoms with E-state index in [0.717, 1.165) is 30.8 Å². The Labute approximate surface area is 102 Å². The molecule has 0 aliphatic carbocycles. The van der Waals surface area contributed by atoms with Gasteiger partial charge in [0.25, 0.3) is 0 Å². The Kier molecular flexibility index (Phi) is 3.94. The second-order valence-electron chi connectivity index (χ2n) is 4.13. The number of hydrogen-bond donors (Lipinski definition) is 1. The van der Waals surface area contributed by atoms with Gasteiger partial charge in [-0.15, -0.1) is 0 Å². The summed E-state index contributed by atoms with van der Waals surface area (Å²) in [6.45, 7) is 3.13. The zero-order chi connectivity index (χ0) is 12.1. The smallest absolute Gasteiger partial charge is 0.0645 e. The molecular formula is C14H19N3. The van der Waals surface area contributed by atoms with E-state index in [4.69, 9.17) is 0 Å². The molecule has 0 amide bonds. The lowest BCUT2D eigenvalue weighted by molar-refractivity contribution is 0.755. The monoisotopic (exact) mass is 229 g/mol. The van der Waals surface area contributed by atoms with Crippen LogP contribution in [0.15, 0.2) is 36.5 Å². The molecule has 0 bridgehead atoms. The molecule has 0 spiro atoms. The average Bonchev–Trinajstić information content (AvgIpc) is 2.85. The first-order valence-electron chi connectivity index (χ1n) is 6.12. The van der Waals surface area contributed by atoms with E-state index in [0.29, 0.717) is 0 Å². The molecule has 0 radical (unpaired) electrons. The molecule has 3 heteroatoms. The summed E-state index contributed by atoms with van der Waals surface area (Å²) in [7, 11) is 1.96. The van der Waals surface area contributed by atoms with Crippen molar-refractivity contribution < 1.29 is 0 Å². The van der Waals surface area contributed by atoms with Crippen molar-refractivity contribution in [1.82, 2.24) is 15.1 Å². The lowest BCUT2D eigenvalue weighted by Crippen LogP contribution is -2.10. The zero-order valence-corrected chi connectivity index (χ0v) is 10.5. The largest absolute Gasteiger partial charge is 0.319 e. The summed E-state index contributed by atoms with van der Waals surface area (Å²) in [5.74, 6) is 0. The maximum atomic E-state index is 4.55. The Bertz CT molecular complexity index is 457. The SMILES string of the molecule is CCc1ccc(-n2ccc(CCNC)n2)cc1. The number of aryl methyl sites for hydroxylation is 1. The highest BCUT2D eigenvalue weighted by atomic mass is 15.3. The summed E-state index contributed by atoms with van der Waals surface area (Å²) < 4.78 is 1.93. The van der Waals surface area contributed by atoms with Crippen LogP contribution in [0.3, 0.4) is 0 Å². The highest BCUT2D eigenvalue weighted by Gasteiger charge is 2.00. The fraction of sp³-hybridized carbons (Fsp3) is 0.357. The third-order valence-electron chi connectivity index (χ3n) is 2.88. The van der Waals surface area contributed by atoms with Gasteiger partial charge >= 0.3 is 0 Å². The van der Waals surface area contributed by atoms with Gasteiger partial charge in [-0.2, -0.15) is 5.10 Å². The first-order valence-corrected chi connectivity index (χ1v) is 6.12. The van der Waals surface area contributed by atoms with Crippen molar-refractivity contribution in [3.8, 4) is 5.69 Å². The molecule has 0 unspecified atom stereocenters. The van der Waals surface area contributed by atoms with Crippen molar-refractivity contribution in [2.45, 2.75) is 19.8 Å². The van der Waals surface area contributed by atoms with Crippen molar-refractivity contribution in [3.63, 3.8) is 0 Å². The Hall–Kier alpha value is -1.61. The van der Waals surface area contributed by atoms with Gasteiger partial charge in [-0.05, 0) is 37.2 Å². The van der Waals surface area contributed by atoms with E-state index >= 15 is 0 Å². The van der Waals surface area contributed by atoms with E-state index in [-0.39, 0.29) is 0 Å². The first-order chi connectivity index (χ1) is 8.33. The van der Waals surface area contributed by atoms with E-state index in [1.807, 2.05) is 17.9 Å². The van der Waals surface area contributed by atoms with Gasteiger partial charge in [0.05, 0.1) is 11.4 Å². The minimum atomic E-state index is 0.964. The Morgan fingerprint density at radius 2 is 1.94 bits per heavy atom. The summed E-state index contributed by atoms with van der Waals surface area (Å²) in [4.78, 5) is 0. The van der Waals surface area contributed by atoms with Crippen LogP contribution in [0.5, 0.6) is 0 Å². The van der Waals surface area contributed by atoms with E-state index in [1.165, 1.54) is 5.56 Å². The van der Waals surface area contributed by atoms with E-state index in [9.17, 15) is 0 Å². The van der Waals surface area contributed by atoms with Gasteiger partial charge in [0, 0.05) is 19.2 Å². The second-order valence-corrected chi connectivity index (χ2v) is 4.13.